The Labute approximate surface area is 168 Å². The van der Waals surface area contributed by atoms with Crippen molar-refractivity contribution in [2.45, 2.75) is 0 Å². The highest BCUT2D eigenvalue weighted by atomic mass is 16.5. The van der Waals surface area contributed by atoms with Crippen molar-refractivity contribution in [3.8, 4) is 34.1 Å². The van der Waals surface area contributed by atoms with Gasteiger partial charge < -0.3 is 16.2 Å². The average molecular weight is 381 g/mol. The fraction of sp³-hybridized carbons (Fsp3) is 0. The van der Waals surface area contributed by atoms with E-state index in [1.165, 1.54) is 0 Å². The monoisotopic (exact) mass is 381 g/mol. The first-order chi connectivity index (χ1) is 14.1. The molecular weight excluding hydrogens is 362 g/mol. The Morgan fingerprint density at radius 2 is 1.52 bits per heavy atom. The molecule has 29 heavy (non-hydrogen) atoms. The van der Waals surface area contributed by atoms with E-state index >= 15 is 0 Å². The van der Waals surface area contributed by atoms with E-state index in [-0.39, 0.29) is 5.84 Å². The normalized spacial score (nSPS) is 10.5. The molecule has 0 saturated carbocycles. The standard InChI is InChI=1S/C23H19N5O/c24-18-14-20(19-8-4-5-13-27-19)28-22(21(18)23(25)26)15-9-11-17(12-10-15)29-16-6-2-1-3-7-16/h1-14H,(H2,24,28)(H3,25,26). The number of amidine groups is 1. The maximum Gasteiger partial charge on any atom is 0.127 e. The van der Waals surface area contributed by atoms with Gasteiger partial charge in [-0.2, -0.15) is 0 Å². The number of nitrogens with two attached hydrogens (primary N) is 2. The van der Waals surface area contributed by atoms with Gasteiger partial charge >= 0.3 is 0 Å². The van der Waals surface area contributed by atoms with Crippen LogP contribution in [0.3, 0.4) is 0 Å². The van der Waals surface area contributed by atoms with Gasteiger partial charge in [-0.3, -0.25) is 10.4 Å². The van der Waals surface area contributed by atoms with E-state index in [1.54, 1.807) is 12.3 Å². The average Bonchev–Trinajstić information content (AvgIpc) is 2.75. The molecule has 0 saturated heterocycles. The van der Waals surface area contributed by atoms with E-state index < -0.39 is 0 Å². The summed E-state index contributed by atoms with van der Waals surface area (Å²) < 4.78 is 5.84. The second kappa shape index (κ2) is 7.82. The summed E-state index contributed by atoms with van der Waals surface area (Å²) >= 11 is 0. The lowest BCUT2D eigenvalue weighted by Gasteiger charge is -2.14. The van der Waals surface area contributed by atoms with Gasteiger partial charge in [0.2, 0.25) is 0 Å². The lowest BCUT2D eigenvalue weighted by Crippen LogP contribution is -2.16. The van der Waals surface area contributed by atoms with E-state index in [9.17, 15) is 0 Å². The zero-order valence-electron chi connectivity index (χ0n) is 15.5. The minimum absolute atomic E-state index is 0.137. The fourth-order valence-corrected chi connectivity index (χ4v) is 3.01. The third-order valence-electron chi connectivity index (χ3n) is 4.35. The lowest BCUT2D eigenvalue weighted by molar-refractivity contribution is 0.483. The molecule has 4 aromatic rings. The second-order valence-corrected chi connectivity index (χ2v) is 6.39. The second-order valence-electron chi connectivity index (χ2n) is 6.39. The molecule has 0 fully saturated rings. The Hall–Kier alpha value is -4.19. The van der Waals surface area contributed by atoms with Crippen LogP contribution in [0, 0.1) is 5.41 Å². The van der Waals surface area contributed by atoms with Crippen LogP contribution in [0.2, 0.25) is 0 Å². The van der Waals surface area contributed by atoms with Gasteiger partial charge in [0, 0.05) is 17.4 Å². The maximum atomic E-state index is 7.95. The third kappa shape index (κ3) is 3.91. The Balaban J connectivity index is 1.75. The van der Waals surface area contributed by atoms with Crippen molar-refractivity contribution < 1.29 is 4.74 Å². The van der Waals surface area contributed by atoms with Crippen LogP contribution in [0.1, 0.15) is 5.56 Å². The molecule has 6 heteroatoms. The first kappa shape index (κ1) is 18.2. The summed E-state index contributed by atoms with van der Waals surface area (Å²) in [4.78, 5) is 9.04. The Kier molecular flexibility index (Phi) is 4.90. The summed E-state index contributed by atoms with van der Waals surface area (Å²) in [6.45, 7) is 0. The van der Waals surface area contributed by atoms with Gasteiger partial charge in [0.15, 0.2) is 0 Å². The van der Waals surface area contributed by atoms with Crippen LogP contribution < -0.4 is 16.2 Å². The van der Waals surface area contributed by atoms with Gasteiger partial charge in [-0.1, -0.05) is 24.3 Å². The van der Waals surface area contributed by atoms with Crippen molar-refractivity contribution in [1.29, 1.82) is 5.41 Å². The van der Waals surface area contributed by atoms with Crippen LogP contribution in [0.15, 0.2) is 85.1 Å². The molecule has 142 valence electrons. The Morgan fingerprint density at radius 1 is 0.828 bits per heavy atom. The SMILES string of the molecule is N=C(N)c1c(N)cc(-c2ccccn2)nc1-c1ccc(Oc2ccccc2)cc1. The highest BCUT2D eigenvalue weighted by Crippen LogP contribution is 2.31. The predicted octanol–water partition coefficient (Wildman–Crippen LogP) is 4.47. The molecular formula is C23H19N5O. The number of ether oxygens (including phenoxy) is 1. The molecule has 0 aliphatic heterocycles. The van der Waals surface area contributed by atoms with E-state index in [2.05, 4.69) is 4.98 Å². The van der Waals surface area contributed by atoms with Crippen molar-refractivity contribution in [1.82, 2.24) is 9.97 Å². The third-order valence-corrected chi connectivity index (χ3v) is 4.35. The van der Waals surface area contributed by atoms with Gasteiger partial charge in [0.1, 0.15) is 17.3 Å². The summed E-state index contributed by atoms with van der Waals surface area (Å²) in [5, 5.41) is 7.95. The van der Waals surface area contributed by atoms with E-state index in [0.717, 1.165) is 11.3 Å². The topological polar surface area (TPSA) is 111 Å². The number of nitrogens with one attached hydrogen (secondary N) is 1. The molecule has 0 radical (unpaired) electrons. The molecule has 2 aromatic carbocycles. The fourth-order valence-electron chi connectivity index (χ4n) is 3.01. The molecule has 0 atom stereocenters. The van der Waals surface area contributed by atoms with Gasteiger partial charge in [0.25, 0.3) is 0 Å². The number of nitrogens with zero attached hydrogens (tertiary/aromatic N) is 2. The van der Waals surface area contributed by atoms with Crippen molar-refractivity contribution in [2.75, 3.05) is 5.73 Å². The molecule has 0 bridgehead atoms. The van der Waals surface area contributed by atoms with Gasteiger partial charge in [-0.25, -0.2) is 4.98 Å². The number of nitrogen functional groups attached to an aromatic ring is 2. The van der Waals surface area contributed by atoms with Gasteiger partial charge in [0.05, 0.1) is 22.6 Å². The number of pyridine rings is 2. The number of hydrogen-bond acceptors (Lipinski definition) is 5. The van der Waals surface area contributed by atoms with E-state index in [1.807, 2.05) is 72.8 Å². The summed E-state index contributed by atoms with van der Waals surface area (Å²) in [6.07, 6.45) is 1.70. The summed E-state index contributed by atoms with van der Waals surface area (Å²) in [5.41, 5.74) is 15.4. The molecule has 6 nitrogen and oxygen atoms in total. The van der Waals surface area contributed by atoms with Crippen molar-refractivity contribution in [2.24, 2.45) is 5.73 Å². The number of rotatable bonds is 5. The first-order valence-electron chi connectivity index (χ1n) is 9.01. The van der Waals surface area contributed by atoms with Crippen LogP contribution in [0.25, 0.3) is 22.6 Å². The van der Waals surface area contributed by atoms with Crippen molar-refractivity contribution in [3.63, 3.8) is 0 Å². The zero-order chi connectivity index (χ0) is 20.2. The molecule has 2 aromatic heterocycles. The minimum atomic E-state index is -0.137. The van der Waals surface area contributed by atoms with Crippen LogP contribution in [-0.2, 0) is 0 Å². The Bertz CT molecular complexity index is 1140. The summed E-state index contributed by atoms with van der Waals surface area (Å²) in [6, 6.07) is 24.2. The predicted molar refractivity (Wildman–Crippen MR) is 115 cm³/mol. The maximum absolute atomic E-state index is 7.95. The van der Waals surface area contributed by atoms with Gasteiger partial charge in [-0.15, -0.1) is 0 Å². The summed E-state index contributed by atoms with van der Waals surface area (Å²) in [5.74, 6) is 1.31. The molecule has 2 heterocycles. The molecule has 0 aliphatic rings. The number of aromatic nitrogens is 2. The quantitative estimate of drug-likeness (QED) is 0.349. The number of hydrogen-bond donors (Lipinski definition) is 3. The largest absolute Gasteiger partial charge is 0.457 e. The minimum Gasteiger partial charge on any atom is -0.457 e. The highest BCUT2D eigenvalue weighted by Gasteiger charge is 2.16. The number of anilines is 1. The van der Waals surface area contributed by atoms with Crippen LogP contribution in [0.4, 0.5) is 5.69 Å². The van der Waals surface area contributed by atoms with Gasteiger partial charge in [-0.05, 0) is 54.6 Å². The Morgan fingerprint density at radius 3 is 2.17 bits per heavy atom. The molecule has 0 aliphatic carbocycles. The number of para-hydroxylation sites is 1. The number of benzene rings is 2. The molecule has 0 spiro atoms. The zero-order valence-corrected chi connectivity index (χ0v) is 15.5. The smallest absolute Gasteiger partial charge is 0.127 e. The first-order valence-corrected chi connectivity index (χ1v) is 9.01. The van der Waals surface area contributed by atoms with Crippen LogP contribution >= 0.6 is 0 Å². The molecule has 5 N–H and O–H groups in total. The van der Waals surface area contributed by atoms with Crippen molar-refractivity contribution in [3.05, 3.63) is 90.6 Å². The highest BCUT2D eigenvalue weighted by molar-refractivity contribution is 6.05. The van der Waals surface area contributed by atoms with E-state index in [0.29, 0.717) is 34.1 Å². The van der Waals surface area contributed by atoms with Crippen LogP contribution in [0.5, 0.6) is 11.5 Å². The van der Waals surface area contributed by atoms with Crippen LogP contribution in [-0.4, -0.2) is 15.8 Å². The lowest BCUT2D eigenvalue weighted by atomic mass is 10.0. The molecule has 0 unspecified atom stereocenters. The molecule has 4 rings (SSSR count). The van der Waals surface area contributed by atoms with Crippen molar-refractivity contribution >= 4 is 11.5 Å². The summed E-state index contributed by atoms with van der Waals surface area (Å²) in [7, 11) is 0. The van der Waals surface area contributed by atoms with E-state index in [4.69, 9.17) is 26.6 Å². The molecule has 0 amide bonds.